The molecule has 1 aliphatic carbocycles. The Bertz CT molecular complexity index is 737. The summed E-state index contributed by atoms with van der Waals surface area (Å²) in [4.78, 5) is 48.5. The number of rotatable bonds is 12. The van der Waals surface area contributed by atoms with Crippen LogP contribution in [0.1, 0.15) is 37.7 Å². The fourth-order valence-electron chi connectivity index (χ4n) is 3.66. The molecule has 9 heteroatoms. The number of carboxylic acids is 1. The first-order valence-electron chi connectivity index (χ1n) is 10.00. The summed E-state index contributed by atoms with van der Waals surface area (Å²) in [7, 11) is 0. The summed E-state index contributed by atoms with van der Waals surface area (Å²) in [5.74, 6) is -1.38. The maximum atomic E-state index is 13.1. The maximum absolute atomic E-state index is 13.1. The standard InChI is InChI=1S/C21H29N3O5S/c1-30-12-9-16(22-14-25)18(26)24-21(10-5-6-11-21)20(29)23-17(19(27)28)13-15-7-3-2-4-8-15/h2-4,7-8,14,16-17H,5-6,9-13H2,1H3,(H,22,25)(H,23,29)(H,24,26)(H,27,28)/t16-,17-/m0/s1. The van der Waals surface area contributed by atoms with Crippen LogP contribution in [0.3, 0.4) is 0 Å². The lowest BCUT2D eigenvalue weighted by atomic mass is 9.94. The summed E-state index contributed by atoms with van der Waals surface area (Å²) >= 11 is 1.55. The van der Waals surface area contributed by atoms with Crippen LogP contribution in [0, 0.1) is 0 Å². The Hall–Kier alpha value is -2.55. The minimum atomic E-state index is -1.16. The minimum Gasteiger partial charge on any atom is -0.480 e. The molecule has 0 heterocycles. The number of benzene rings is 1. The average Bonchev–Trinajstić information content (AvgIpc) is 3.21. The van der Waals surface area contributed by atoms with E-state index in [1.54, 1.807) is 23.9 Å². The van der Waals surface area contributed by atoms with Gasteiger partial charge in [0.25, 0.3) is 0 Å². The second-order valence-electron chi connectivity index (χ2n) is 7.45. The van der Waals surface area contributed by atoms with Crippen molar-refractivity contribution >= 4 is 36.0 Å². The van der Waals surface area contributed by atoms with Gasteiger partial charge in [0.2, 0.25) is 18.2 Å². The third-order valence-electron chi connectivity index (χ3n) is 5.34. The van der Waals surface area contributed by atoms with Crippen LogP contribution >= 0.6 is 11.8 Å². The second kappa shape index (κ2) is 11.6. The molecular weight excluding hydrogens is 406 g/mol. The third-order valence-corrected chi connectivity index (χ3v) is 5.98. The van der Waals surface area contributed by atoms with Crippen LogP contribution in [0.25, 0.3) is 0 Å². The zero-order valence-electron chi connectivity index (χ0n) is 17.1. The van der Waals surface area contributed by atoms with E-state index in [0.717, 1.165) is 18.4 Å². The predicted octanol–water partition coefficient (Wildman–Crippen LogP) is 1.10. The van der Waals surface area contributed by atoms with Gasteiger partial charge in [-0.15, -0.1) is 0 Å². The van der Waals surface area contributed by atoms with E-state index in [9.17, 15) is 24.3 Å². The number of carboxylic acid groups (broad SMARTS) is 1. The summed E-state index contributed by atoms with van der Waals surface area (Å²) < 4.78 is 0. The van der Waals surface area contributed by atoms with Gasteiger partial charge in [-0.05, 0) is 36.8 Å². The first kappa shape index (κ1) is 23.7. The van der Waals surface area contributed by atoms with E-state index in [4.69, 9.17) is 0 Å². The molecule has 0 spiro atoms. The molecule has 1 aromatic carbocycles. The van der Waals surface area contributed by atoms with E-state index in [1.807, 2.05) is 24.5 Å². The lowest BCUT2D eigenvalue weighted by molar-refractivity contribution is -0.143. The maximum Gasteiger partial charge on any atom is 0.326 e. The molecule has 1 aromatic rings. The highest BCUT2D eigenvalue weighted by Crippen LogP contribution is 2.30. The Kier molecular flexibility index (Phi) is 9.16. The molecule has 164 valence electrons. The predicted molar refractivity (Wildman–Crippen MR) is 115 cm³/mol. The monoisotopic (exact) mass is 435 g/mol. The SMILES string of the molecule is CSCC[C@H](NC=O)C(=O)NC1(C(=O)N[C@@H](Cc2ccccc2)C(=O)O)CCCC1. The number of carbonyl (C=O) groups is 4. The number of carbonyl (C=O) groups excluding carboxylic acids is 3. The molecule has 8 nitrogen and oxygen atoms in total. The van der Waals surface area contributed by atoms with E-state index in [2.05, 4.69) is 16.0 Å². The van der Waals surface area contributed by atoms with Gasteiger partial charge in [0.1, 0.15) is 17.6 Å². The summed E-state index contributed by atoms with van der Waals surface area (Å²) in [6, 6.07) is 7.22. The van der Waals surface area contributed by atoms with E-state index in [1.165, 1.54) is 0 Å². The molecule has 1 aliphatic rings. The van der Waals surface area contributed by atoms with Gasteiger partial charge in [-0.1, -0.05) is 43.2 Å². The first-order valence-corrected chi connectivity index (χ1v) is 11.4. The van der Waals surface area contributed by atoms with Crippen molar-refractivity contribution in [3.8, 4) is 0 Å². The zero-order valence-corrected chi connectivity index (χ0v) is 17.9. The Labute approximate surface area is 180 Å². The van der Waals surface area contributed by atoms with Crippen LogP contribution in [-0.2, 0) is 25.6 Å². The highest BCUT2D eigenvalue weighted by atomic mass is 32.2. The molecule has 0 unspecified atom stereocenters. The van der Waals surface area contributed by atoms with Gasteiger partial charge < -0.3 is 21.1 Å². The molecule has 0 aliphatic heterocycles. The van der Waals surface area contributed by atoms with Gasteiger partial charge in [0.05, 0.1) is 0 Å². The fourth-order valence-corrected chi connectivity index (χ4v) is 4.14. The third kappa shape index (κ3) is 6.48. The number of hydrogen-bond acceptors (Lipinski definition) is 5. The minimum absolute atomic E-state index is 0.148. The van der Waals surface area contributed by atoms with Gasteiger partial charge in [0, 0.05) is 6.42 Å². The lowest BCUT2D eigenvalue weighted by Crippen LogP contribution is -2.62. The molecule has 1 fully saturated rings. The number of hydrogen-bond donors (Lipinski definition) is 4. The largest absolute Gasteiger partial charge is 0.480 e. The molecule has 0 aromatic heterocycles. The van der Waals surface area contributed by atoms with Crippen LogP contribution in [0.5, 0.6) is 0 Å². The van der Waals surface area contributed by atoms with Crippen molar-refractivity contribution in [3.63, 3.8) is 0 Å². The van der Waals surface area contributed by atoms with Crippen molar-refractivity contribution in [2.45, 2.75) is 56.1 Å². The molecule has 4 N–H and O–H groups in total. The van der Waals surface area contributed by atoms with Gasteiger partial charge in [-0.25, -0.2) is 4.79 Å². The van der Waals surface area contributed by atoms with Crippen molar-refractivity contribution in [3.05, 3.63) is 35.9 Å². The van der Waals surface area contributed by atoms with Gasteiger partial charge in [-0.3, -0.25) is 14.4 Å². The molecular formula is C21H29N3O5S. The number of thioether (sulfide) groups is 1. The Balaban J connectivity index is 2.12. The van der Waals surface area contributed by atoms with Gasteiger partial charge in [-0.2, -0.15) is 11.8 Å². The van der Waals surface area contributed by atoms with Crippen molar-refractivity contribution in [1.82, 2.24) is 16.0 Å². The molecule has 0 saturated heterocycles. The lowest BCUT2D eigenvalue weighted by Gasteiger charge is -2.32. The highest BCUT2D eigenvalue weighted by Gasteiger charge is 2.44. The van der Waals surface area contributed by atoms with E-state index in [-0.39, 0.29) is 6.42 Å². The van der Waals surface area contributed by atoms with Crippen LogP contribution in [0.15, 0.2) is 30.3 Å². The van der Waals surface area contributed by atoms with E-state index in [0.29, 0.717) is 31.4 Å². The highest BCUT2D eigenvalue weighted by molar-refractivity contribution is 7.98. The first-order chi connectivity index (χ1) is 14.4. The normalized spacial score (nSPS) is 16.8. The topological polar surface area (TPSA) is 125 Å². The molecule has 0 bridgehead atoms. The zero-order chi connectivity index (χ0) is 22.0. The van der Waals surface area contributed by atoms with Crippen LogP contribution < -0.4 is 16.0 Å². The van der Waals surface area contributed by atoms with Crippen molar-refractivity contribution in [1.29, 1.82) is 0 Å². The van der Waals surface area contributed by atoms with Crippen LogP contribution in [0.2, 0.25) is 0 Å². The van der Waals surface area contributed by atoms with Gasteiger partial charge >= 0.3 is 5.97 Å². The van der Waals surface area contributed by atoms with Crippen molar-refractivity contribution < 1.29 is 24.3 Å². The Morgan fingerprint density at radius 2 is 1.83 bits per heavy atom. The number of nitrogens with one attached hydrogen (secondary N) is 3. The van der Waals surface area contributed by atoms with Crippen LogP contribution in [0.4, 0.5) is 0 Å². The van der Waals surface area contributed by atoms with Crippen LogP contribution in [-0.4, -0.2) is 58.9 Å². The smallest absolute Gasteiger partial charge is 0.326 e. The summed E-state index contributed by atoms with van der Waals surface area (Å²) in [5, 5.41) is 17.5. The Morgan fingerprint density at radius 3 is 2.40 bits per heavy atom. The van der Waals surface area contributed by atoms with Crippen molar-refractivity contribution in [2.75, 3.05) is 12.0 Å². The molecule has 3 amide bonds. The number of aliphatic carboxylic acids is 1. The molecule has 2 rings (SSSR count). The summed E-state index contributed by atoms with van der Waals surface area (Å²) in [6.45, 7) is 0. The average molecular weight is 436 g/mol. The molecule has 0 radical (unpaired) electrons. The fraction of sp³-hybridized carbons (Fsp3) is 0.524. The van der Waals surface area contributed by atoms with E-state index < -0.39 is 35.4 Å². The molecule has 30 heavy (non-hydrogen) atoms. The van der Waals surface area contributed by atoms with E-state index >= 15 is 0 Å². The summed E-state index contributed by atoms with van der Waals surface area (Å²) in [5.41, 5.74) is -0.370. The quantitative estimate of drug-likeness (QED) is 0.365. The summed E-state index contributed by atoms with van der Waals surface area (Å²) in [6.07, 6.45) is 5.33. The second-order valence-corrected chi connectivity index (χ2v) is 8.44. The van der Waals surface area contributed by atoms with Gasteiger partial charge in [0.15, 0.2) is 0 Å². The molecule has 1 saturated carbocycles. The Morgan fingerprint density at radius 1 is 1.17 bits per heavy atom. The number of amides is 3. The molecule has 2 atom stereocenters. The van der Waals surface area contributed by atoms with Crippen molar-refractivity contribution in [2.24, 2.45) is 0 Å².